The zero-order valence-electron chi connectivity index (χ0n) is 12.1. The molecule has 0 fully saturated rings. The van der Waals surface area contributed by atoms with Crippen molar-refractivity contribution in [2.45, 2.75) is 6.42 Å². The van der Waals surface area contributed by atoms with E-state index in [0.29, 0.717) is 29.1 Å². The van der Waals surface area contributed by atoms with Crippen LogP contribution in [0.5, 0.6) is 5.75 Å². The Labute approximate surface area is 127 Å². The number of ether oxygens (including phenoxy) is 1. The number of urea groups is 1. The van der Waals surface area contributed by atoms with Gasteiger partial charge in [-0.25, -0.2) is 9.18 Å². The van der Waals surface area contributed by atoms with Gasteiger partial charge in [0.25, 0.3) is 0 Å². The van der Waals surface area contributed by atoms with Crippen molar-refractivity contribution in [3.63, 3.8) is 0 Å². The van der Waals surface area contributed by atoms with E-state index in [1.807, 2.05) is 0 Å². The van der Waals surface area contributed by atoms with Crippen molar-refractivity contribution in [1.82, 2.24) is 0 Å². The summed E-state index contributed by atoms with van der Waals surface area (Å²) in [4.78, 5) is 12.0. The Hall–Kier alpha value is -2.60. The number of aliphatic hydroxyl groups is 1. The van der Waals surface area contributed by atoms with Gasteiger partial charge in [-0.2, -0.15) is 0 Å². The summed E-state index contributed by atoms with van der Waals surface area (Å²) in [5.74, 6) is 0.155. The molecule has 0 unspecified atom stereocenters. The van der Waals surface area contributed by atoms with Crippen molar-refractivity contribution < 1.29 is 19.0 Å². The molecule has 2 rings (SSSR count). The first-order valence-electron chi connectivity index (χ1n) is 6.73. The van der Waals surface area contributed by atoms with Crippen LogP contribution in [0.2, 0.25) is 0 Å². The maximum absolute atomic E-state index is 13.3. The molecule has 3 N–H and O–H groups in total. The predicted octanol–water partition coefficient (Wildman–Crippen LogP) is 3.01. The number of aliphatic hydroxyl groups excluding tert-OH is 1. The molecule has 0 heterocycles. The minimum Gasteiger partial charge on any atom is -0.497 e. The second-order valence-corrected chi connectivity index (χ2v) is 4.59. The molecular weight excluding hydrogens is 287 g/mol. The van der Waals surface area contributed by atoms with Crippen LogP contribution in [0.4, 0.5) is 20.6 Å². The van der Waals surface area contributed by atoms with Crippen LogP contribution in [0.3, 0.4) is 0 Å². The van der Waals surface area contributed by atoms with Gasteiger partial charge in [-0.1, -0.05) is 12.1 Å². The number of carbonyl (C=O) groups excluding carboxylic acids is 1. The standard InChI is InChI=1S/C16H17FN2O3/c1-22-14-4-2-3-13(10-14)18-16(21)19-15-9-12(17)6-5-11(15)7-8-20/h2-6,9-10,20H,7-8H2,1H3,(H2,18,19,21). The number of halogens is 1. The molecular formula is C16H17FN2O3. The summed E-state index contributed by atoms with van der Waals surface area (Å²) in [6, 6.07) is 10.4. The Bertz CT molecular complexity index is 662. The number of hydrogen-bond donors (Lipinski definition) is 3. The van der Waals surface area contributed by atoms with E-state index in [4.69, 9.17) is 9.84 Å². The Morgan fingerprint density at radius 2 is 2.05 bits per heavy atom. The van der Waals surface area contributed by atoms with Crippen LogP contribution >= 0.6 is 0 Å². The van der Waals surface area contributed by atoms with E-state index >= 15 is 0 Å². The summed E-state index contributed by atoms with van der Waals surface area (Å²) in [6.45, 7) is -0.0855. The lowest BCUT2D eigenvalue weighted by Gasteiger charge is -2.12. The van der Waals surface area contributed by atoms with Crippen LogP contribution in [-0.2, 0) is 6.42 Å². The lowest BCUT2D eigenvalue weighted by atomic mass is 10.1. The molecule has 0 spiro atoms. The lowest BCUT2D eigenvalue weighted by Crippen LogP contribution is -2.20. The molecule has 0 aliphatic rings. The lowest BCUT2D eigenvalue weighted by molar-refractivity contribution is 0.262. The van der Waals surface area contributed by atoms with Crippen LogP contribution in [0.15, 0.2) is 42.5 Å². The first kappa shape index (κ1) is 15.8. The molecule has 0 radical (unpaired) electrons. The fourth-order valence-corrected chi connectivity index (χ4v) is 1.99. The van der Waals surface area contributed by atoms with E-state index in [0.717, 1.165) is 0 Å². The number of anilines is 2. The van der Waals surface area contributed by atoms with Gasteiger partial charge in [0.1, 0.15) is 11.6 Å². The van der Waals surface area contributed by atoms with Crippen molar-refractivity contribution in [2.75, 3.05) is 24.4 Å². The fraction of sp³-hybridized carbons (Fsp3) is 0.188. The van der Waals surface area contributed by atoms with Gasteiger partial charge in [-0.05, 0) is 36.2 Å². The van der Waals surface area contributed by atoms with Crippen LogP contribution in [0.25, 0.3) is 0 Å². The Morgan fingerprint density at radius 3 is 2.77 bits per heavy atom. The smallest absolute Gasteiger partial charge is 0.323 e. The monoisotopic (exact) mass is 304 g/mol. The van der Waals surface area contributed by atoms with Gasteiger partial charge < -0.3 is 20.5 Å². The molecule has 0 aromatic heterocycles. The quantitative estimate of drug-likeness (QED) is 0.795. The summed E-state index contributed by atoms with van der Waals surface area (Å²) < 4.78 is 18.4. The minimum absolute atomic E-state index is 0.0855. The average molecular weight is 304 g/mol. The van der Waals surface area contributed by atoms with Gasteiger partial charge in [0.05, 0.1) is 7.11 Å². The number of carbonyl (C=O) groups is 1. The summed E-state index contributed by atoms with van der Waals surface area (Å²) in [5, 5.41) is 14.2. The summed E-state index contributed by atoms with van der Waals surface area (Å²) in [7, 11) is 1.53. The van der Waals surface area contributed by atoms with Crippen LogP contribution in [0, 0.1) is 5.82 Å². The predicted molar refractivity (Wildman–Crippen MR) is 82.8 cm³/mol. The molecule has 0 aliphatic heterocycles. The maximum atomic E-state index is 13.3. The van der Waals surface area contributed by atoms with Crippen molar-refractivity contribution in [1.29, 1.82) is 0 Å². The highest BCUT2D eigenvalue weighted by Gasteiger charge is 2.09. The fourth-order valence-electron chi connectivity index (χ4n) is 1.99. The third kappa shape index (κ3) is 4.20. The van der Waals surface area contributed by atoms with E-state index < -0.39 is 11.8 Å². The number of methoxy groups -OCH3 is 1. The topological polar surface area (TPSA) is 70.6 Å². The second-order valence-electron chi connectivity index (χ2n) is 4.59. The SMILES string of the molecule is COc1cccc(NC(=O)Nc2cc(F)ccc2CCO)c1. The zero-order chi connectivity index (χ0) is 15.9. The van der Waals surface area contributed by atoms with Gasteiger partial charge >= 0.3 is 6.03 Å². The minimum atomic E-state index is -0.502. The molecule has 2 aromatic rings. The number of hydrogen-bond acceptors (Lipinski definition) is 3. The number of rotatable bonds is 5. The highest BCUT2D eigenvalue weighted by atomic mass is 19.1. The van der Waals surface area contributed by atoms with Crippen LogP contribution in [-0.4, -0.2) is 24.9 Å². The third-order valence-electron chi connectivity index (χ3n) is 3.03. The molecule has 2 amide bonds. The molecule has 6 heteroatoms. The van der Waals surface area contributed by atoms with E-state index in [2.05, 4.69) is 10.6 Å². The molecule has 2 aromatic carbocycles. The van der Waals surface area contributed by atoms with Crippen molar-refractivity contribution in [2.24, 2.45) is 0 Å². The van der Waals surface area contributed by atoms with E-state index in [1.54, 1.807) is 24.3 Å². The number of amides is 2. The largest absolute Gasteiger partial charge is 0.497 e. The van der Waals surface area contributed by atoms with Gasteiger partial charge in [-0.3, -0.25) is 0 Å². The van der Waals surface area contributed by atoms with Crippen molar-refractivity contribution in [3.8, 4) is 5.75 Å². The molecule has 0 atom stereocenters. The molecule has 0 saturated heterocycles. The number of nitrogens with one attached hydrogen (secondary N) is 2. The highest BCUT2D eigenvalue weighted by Crippen LogP contribution is 2.20. The molecule has 5 nitrogen and oxygen atoms in total. The van der Waals surface area contributed by atoms with E-state index in [1.165, 1.54) is 25.3 Å². The number of benzene rings is 2. The van der Waals surface area contributed by atoms with Gasteiger partial charge in [0.2, 0.25) is 0 Å². The molecule has 0 saturated carbocycles. The Kier molecular flexibility index (Phi) is 5.32. The molecule has 22 heavy (non-hydrogen) atoms. The van der Waals surface area contributed by atoms with E-state index in [9.17, 15) is 9.18 Å². The van der Waals surface area contributed by atoms with E-state index in [-0.39, 0.29) is 6.61 Å². The zero-order valence-corrected chi connectivity index (χ0v) is 12.1. The molecule has 0 bridgehead atoms. The summed E-state index contributed by atoms with van der Waals surface area (Å²) >= 11 is 0. The third-order valence-corrected chi connectivity index (χ3v) is 3.03. The van der Waals surface area contributed by atoms with Crippen LogP contribution < -0.4 is 15.4 Å². The van der Waals surface area contributed by atoms with Gasteiger partial charge in [-0.15, -0.1) is 0 Å². The molecule has 0 aliphatic carbocycles. The Morgan fingerprint density at radius 1 is 1.23 bits per heavy atom. The van der Waals surface area contributed by atoms with Gasteiger partial charge in [0.15, 0.2) is 0 Å². The van der Waals surface area contributed by atoms with Crippen molar-refractivity contribution in [3.05, 3.63) is 53.8 Å². The second kappa shape index (κ2) is 7.42. The van der Waals surface area contributed by atoms with Gasteiger partial charge in [0, 0.05) is 24.0 Å². The normalized spacial score (nSPS) is 10.1. The first-order valence-corrected chi connectivity index (χ1v) is 6.73. The van der Waals surface area contributed by atoms with Crippen LogP contribution in [0.1, 0.15) is 5.56 Å². The summed E-state index contributed by atoms with van der Waals surface area (Å²) in [6.07, 6.45) is 0.328. The molecule has 116 valence electrons. The maximum Gasteiger partial charge on any atom is 0.323 e. The first-order chi connectivity index (χ1) is 10.6. The summed E-state index contributed by atoms with van der Waals surface area (Å²) in [5.41, 5.74) is 1.54. The Balaban J connectivity index is 2.09. The highest BCUT2D eigenvalue weighted by molar-refractivity contribution is 6.00. The average Bonchev–Trinajstić information content (AvgIpc) is 2.50. The van der Waals surface area contributed by atoms with Crippen molar-refractivity contribution >= 4 is 17.4 Å².